The lowest BCUT2D eigenvalue weighted by atomic mass is 9.76. The van der Waals surface area contributed by atoms with E-state index < -0.39 is 0 Å². The second kappa shape index (κ2) is 4.65. The molecule has 1 aromatic heterocycles. The maximum absolute atomic E-state index is 12.2. The quantitative estimate of drug-likeness (QED) is 0.718. The number of hydrogen-bond acceptors (Lipinski definition) is 3. The number of nitrogens with one attached hydrogen (secondary N) is 3. The van der Waals surface area contributed by atoms with Crippen molar-refractivity contribution in [2.75, 3.05) is 18.4 Å². The zero-order valence-corrected chi connectivity index (χ0v) is 9.55. The molecule has 2 heterocycles. The number of anilines is 1. The highest BCUT2D eigenvalue weighted by Gasteiger charge is 2.37. The first-order chi connectivity index (χ1) is 7.77. The van der Waals surface area contributed by atoms with Gasteiger partial charge in [0.15, 0.2) is 0 Å². The van der Waals surface area contributed by atoms with Gasteiger partial charge in [-0.15, -0.1) is 0 Å². The molecule has 5 nitrogen and oxygen atoms in total. The summed E-state index contributed by atoms with van der Waals surface area (Å²) in [7, 11) is 0. The zero-order valence-electron chi connectivity index (χ0n) is 9.55. The summed E-state index contributed by atoms with van der Waals surface area (Å²) in [5.41, 5.74) is -0.224. The van der Waals surface area contributed by atoms with Crippen molar-refractivity contribution in [3.63, 3.8) is 0 Å². The van der Waals surface area contributed by atoms with Gasteiger partial charge in [0, 0.05) is 12.4 Å². The lowest BCUT2D eigenvalue weighted by Gasteiger charge is -2.34. The monoisotopic (exact) mass is 222 g/mol. The summed E-state index contributed by atoms with van der Waals surface area (Å²) in [4.78, 5) is 19.1. The Bertz CT molecular complexity index is 341. The maximum Gasteiger partial charge on any atom is 0.232 e. The Morgan fingerprint density at radius 1 is 1.56 bits per heavy atom. The molecular weight excluding hydrogens is 204 g/mol. The predicted octanol–water partition coefficient (Wildman–Crippen LogP) is 1.13. The maximum atomic E-state index is 12.2. The van der Waals surface area contributed by atoms with E-state index in [4.69, 9.17) is 0 Å². The highest BCUT2D eigenvalue weighted by atomic mass is 16.2. The van der Waals surface area contributed by atoms with E-state index in [0.29, 0.717) is 5.95 Å². The Kier molecular flexibility index (Phi) is 3.24. The highest BCUT2D eigenvalue weighted by Crippen LogP contribution is 2.33. The van der Waals surface area contributed by atoms with Gasteiger partial charge in [-0.2, -0.15) is 0 Å². The van der Waals surface area contributed by atoms with Crippen molar-refractivity contribution in [1.29, 1.82) is 0 Å². The number of piperidine rings is 1. The number of amides is 1. The summed E-state index contributed by atoms with van der Waals surface area (Å²) >= 11 is 0. The van der Waals surface area contributed by atoms with Gasteiger partial charge >= 0.3 is 0 Å². The number of carbonyl (C=O) groups excluding carboxylic acids is 1. The van der Waals surface area contributed by atoms with E-state index in [1.165, 1.54) is 0 Å². The van der Waals surface area contributed by atoms with Gasteiger partial charge in [0.05, 0.1) is 5.41 Å². The SMILES string of the molecule is CCC1(C(=O)Nc2ncc[nH]2)CCNCC1. The van der Waals surface area contributed by atoms with Crippen LogP contribution in [-0.2, 0) is 4.79 Å². The fourth-order valence-corrected chi connectivity index (χ4v) is 2.22. The molecule has 0 radical (unpaired) electrons. The Morgan fingerprint density at radius 3 is 2.88 bits per heavy atom. The molecular formula is C11H18N4O. The molecule has 3 N–H and O–H groups in total. The van der Waals surface area contributed by atoms with E-state index in [9.17, 15) is 4.79 Å². The third-order valence-electron chi connectivity index (χ3n) is 3.45. The van der Waals surface area contributed by atoms with Crippen LogP contribution in [0.5, 0.6) is 0 Å². The van der Waals surface area contributed by atoms with Gasteiger partial charge in [0.25, 0.3) is 0 Å². The second-order valence-electron chi connectivity index (χ2n) is 4.28. The smallest absolute Gasteiger partial charge is 0.232 e. The number of rotatable bonds is 3. The molecule has 16 heavy (non-hydrogen) atoms. The molecule has 1 fully saturated rings. The summed E-state index contributed by atoms with van der Waals surface area (Å²) < 4.78 is 0. The number of hydrogen-bond donors (Lipinski definition) is 3. The van der Waals surface area contributed by atoms with Crippen LogP contribution in [0.4, 0.5) is 5.95 Å². The minimum atomic E-state index is -0.224. The molecule has 0 spiro atoms. The molecule has 0 atom stereocenters. The van der Waals surface area contributed by atoms with Gasteiger partial charge in [0.2, 0.25) is 11.9 Å². The molecule has 0 unspecified atom stereocenters. The Balaban J connectivity index is 2.06. The molecule has 1 amide bonds. The Labute approximate surface area is 95.0 Å². The van der Waals surface area contributed by atoms with E-state index in [1.54, 1.807) is 12.4 Å². The van der Waals surface area contributed by atoms with Gasteiger partial charge in [-0.3, -0.25) is 10.1 Å². The van der Waals surface area contributed by atoms with E-state index in [1.807, 2.05) is 0 Å². The number of imidazole rings is 1. The first kappa shape index (κ1) is 11.1. The van der Waals surface area contributed by atoms with Gasteiger partial charge in [-0.25, -0.2) is 4.98 Å². The van der Waals surface area contributed by atoms with Crippen LogP contribution in [-0.4, -0.2) is 29.0 Å². The van der Waals surface area contributed by atoms with E-state index in [0.717, 1.165) is 32.4 Å². The number of carbonyl (C=O) groups is 1. The van der Waals surface area contributed by atoms with Crippen molar-refractivity contribution in [2.24, 2.45) is 5.41 Å². The normalized spacial score (nSPS) is 19.3. The largest absolute Gasteiger partial charge is 0.331 e. The van der Waals surface area contributed by atoms with Crippen molar-refractivity contribution in [1.82, 2.24) is 15.3 Å². The first-order valence-electron chi connectivity index (χ1n) is 5.78. The van der Waals surface area contributed by atoms with Crippen LogP contribution < -0.4 is 10.6 Å². The summed E-state index contributed by atoms with van der Waals surface area (Å²) in [6.45, 7) is 3.91. The minimum absolute atomic E-state index is 0.0893. The first-order valence-corrected chi connectivity index (χ1v) is 5.78. The number of aromatic nitrogens is 2. The van der Waals surface area contributed by atoms with Gasteiger partial charge < -0.3 is 10.3 Å². The lowest BCUT2D eigenvalue weighted by molar-refractivity contribution is -0.127. The second-order valence-corrected chi connectivity index (χ2v) is 4.28. The van der Waals surface area contributed by atoms with Crippen LogP contribution >= 0.6 is 0 Å². The van der Waals surface area contributed by atoms with Crippen molar-refractivity contribution >= 4 is 11.9 Å². The van der Waals surface area contributed by atoms with Crippen LogP contribution in [0, 0.1) is 5.41 Å². The van der Waals surface area contributed by atoms with E-state index in [2.05, 4.69) is 27.5 Å². The topological polar surface area (TPSA) is 69.8 Å². The zero-order chi connectivity index (χ0) is 11.4. The van der Waals surface area contributed by atoms with Crippen molar-refractivity contribution in [3.8, 4) is 0 Å². The Hall–Kier alpha value is -1.36. The highest BCUT2D eigenvalue weighted by molar-refractivity contribution is 5.94. The summed E-state index contributed by atoms with van der Waals surface area (Å²) in [6, 6.07) is 0. The van der Waals surface area contributed by atoms with Gasteiger partial charge in [-0.05, 0) is 32.4 Å². The predicted molar refractivity (Wildman–Crippen MR) is 62.0 cm³/mol. The molecule has 0 aromatic carbocycles. The molecule has 5 heteroatoms. The fourth-order valence-electron chi connectivity index (χ4n) is 2.22. The number of nitrogens with zero attached hydrogens (tertiary/aromatic N) is 1. The molecule has 1 aromatic rings. The van der Waals surface area contributed by atoms with Crippen molar-refractivity contribution < 1.29 is 4.79 Å². The van der Waals surface area contributed by atoms with Crippen LogP contribution in [0.25, 0.3) is 0 Å². The van der Waals surface area contributed by atoms with Crippen LogP contribution in [0.15, 0.2) is 12.4 Å². The van der Waals surface area contributed by atoms with Crippen LogP contribution in [0.3, 0.4) is 0 Å². The number of aromatic amines is 1. The Morgan fingerprint density at radius 2 is 2.31 bits per heavy atom. The molecule has 1 saturated heterocycles. The van der Waals surface area contributed by atoms with Crippen molar-refractivity contribution in [2.45, 2.75) is 26.2 Å². The third-order valence-corrected chi connectivity index (χ3v) is 3.45. The third kappa shape index (κ3) is 2.09. The van der Waals surface area contributed by atoms with Gasteiger partial charge in [-0.1, -0.05) is 6.92 Å². The molecule has 88 valence electrons. The average molecular weight is 222 g/mol. The molecule has 0 aliphatic carbocycles. The molecule has 2 rings (SSSR count). The van der Waals surface area contributed by atoms with Crippen LogP contribution in [0.1, 0.15) is 26.2 Å². The summed E-state index contributed by atoms with van der Waals surface area (Å²) in [5, 5.41) is 6.13. The summed E-state index contributed by atoms with van der Waals surface area (Å²) in [6.07, 6.45) is 6.01. The summed E-state index contributed by atoms with van der Waals surface area (Å²) in [5.74, 6) is 0.628. The number of H-pyrrole nitrogens is 1. The van der Waals surface area contributed by atoms with E-state index >= 15 is 0 Å². The lowest BCUT2D eigenvalue weighted by Crippen LogP contribution is -2.44. The molecule has 1 aliphatic rings. The molecule has 0 saturated carbocycles. The van der Waals surface area contributed by atoms with E-state index in [-0.39, 0.29) is 11.3 Å². The molecule has 0 bridgehead atoms. The minimum Gasteiger partial charge on any atom is -0.331 e. The molecule has 1 aliphatic heterocycles. The average Bonchev–Trinajstić information content (AvgIpc) is 2.82. The van der Waals surface area contributed by atoms with Gasteiger partial charge in [0.1, 0.15) is 0 Å². The van der Waals surface area contributed by atoms with Crippen molar-refractivity contribution in [3.05, 3.63) is 12.4 Å². The fraction of sp³-hybridized carbons (Fsp3) is 0.636. The van der Waals surface area contributed by atoms with Crippen LogP contribution in [0.2, 0.25) is 0 Å². The standard InChI is InChI=1S/C11H18N4O/c1-2-11(3-5-12-6-4-11)9(16)15-10-13-7-8-14-10/h7-8,12H,2-6H2,1H3,(H2,13,14,15,16).